The predicted molar refractivity (Wildman–Crippen MR) is 158 cm³/mol. The van der Waals surface area contributed by atoms with Crippen molar-refractivity contribution in [3.8, 4) is 6.07 Å². The molecule has 0 radical (unpaired) electrons. The number of aryl methyl sites for hydroxylation is 1. The number of esters is 1. The molecule has 208 valence electrons. The molecule has 0 amide bonds. The highest BCUT2D eigenvalue weighted by atomic mass is 16.5. The second-order valence-corrected chi connectivity index (χ2v) is 9.80. The third kappa shape index (κ3) is 8.27. The maximum atomic E-state index is 13.0. The van der Waals surface area contributed by atoms with Crippen LogP contribution in [0.1, 0.15) is 61.8 Å². The lowest BCUT2D eigenvalue weighted by Crippen LogP contribution is -2.32. The van der Waals surface area contributed by atoms with Gasteiger partial charge in [0.25, 0.3) is 0 Å². The number of hydrogen-bond donors (Lipinski definition) is 2. The Labute approximate surface area is 236 Å². The number of likely N-dealkylation sites (tertiary alicyclic amines) is 1. The monoisotopic (exact) mass is 539 g/mol. The molecule has 2 heterocycles. The summed E-state index contributed by atoms with van der Waals surface area (Å²) >= 11 is 0. The number of ether oxygens (including phenoxy) is 1. The first-order valence-corrected chi connectivity index (χ1v) is 13.9. The van der Waals surface area contributed by atoms with Crippen molar-refractivity contribution in [3.63, 3.8) is 0 Å². The third-order valence-corrected chi connectivity index (χ3v) is 6.67. The number of nitrogens with zero attached hydrogens (tertiary/aromatic N) is 5. The summed E-state index contributed by atoms with van der Waals surface area (Å²) in [5, 5.41) is 15.7. The zero-order valence-electron chi connectivity index (χ0n) is 23.3. The molecule has 0 spiro atoms. The minimum Gasteiger partial charge on any atom is -0.464 e. The van der Waals surface area contributed by atoms with E-state index in [0.29, 0.717) is 11.5 Å². The number of anilines is 2. The van der Waals surface area contributed by atoms with Crippen LogP contribution in [0.25, 0.3) is 0 Å². The minimum atomic E-state index is -0.705. The number of hydrogen-bond acceptors (Lipinski definition) is 8. The van der Waals surface area contributed by atoms with Gasteiger partial charge in [0.1, 0.15) is 5.84 Å². The van der Waals surface area contributed by atoms with E-state index < -0.39 is 6.04 Å². The molecule has 2 aromatic carbocycles. The number of carbonyl (C=O) groups excluding carboxylic acids is 1. The maximum absolute atomic E-state index is 13.0. The zero-order valence-corrected chi connectivity index (χ0v) is 23.3. The van der Waals surface area contributed by atoms with Gasteiger partial charge in [0.2, 0.25) is 5.95 Å². The molecule has 0 bridgehead atoms. The summed E-state index contributed by atoms with van der Waals surface area (Å²) in [4.78, 5) is 29.0. The molecular formula is C31H37N7O2. The average Bonchev–Trinajstić information content (AvgIpc) is 3.19. The van der Waals surface area contributed by atoms with Crippen molar-refractivity contribution in [1.82, 2.24) is 14.9 Å². The number of nitrogens with one attached hydrogen (secondary N) is 2. The Morgan fingerprint density at radius 3 is 2.70 bits per heavy atom. The van der Waals surface area contributed by atoms with Gasteiger partial charge in [-0.05, 0) is 86.7 Å². The second kappa shape index (κ2) is 14.6. The molecule has 1 atom stereocenters. The minimum absolute atomic E-state index is 0.283. The highest BCUT2D eigenvalue weighted by molar-refractivity contribution is 5.86. The van der Waals surface area contributed by atoms with Crippen molar-refractivity contribution in [2.24, 2.45) is 4.99 Å². The van der Waals surface area contributed by atoms with Gasteiger partial charge >= 0.3 is 5.97 Å². The number of nitriles is 1. The molecule has 1 aliphatic heterocycles. The van der Waals surface area contributed by atoms with Crippen LogP contribution in [0.4, 0.5) is 17.3 Å². The molecular weight excluding hydrogens is 502 g/mol. The van der Waals surface area contributed by atoms with Crippen LogP contribution in [-0.4, -0.2) is 52.9 Å². The molecule has 1 aliphatic rings. The van der Waals surface area contributed by atoms with E-state index in [2.05, 4.69) is 37.6 Å². The predicted octanol–water partition coefficient (Wildman–Crippen LogP) is 5.78. The first kappa shape index (κ1) is 28.6. The van der Waals surface area contributed by atoms with Gasteiger partial charge in [0.15, 0.2) is 6.04 Å². The summed E-state index contributed by atoms with van der Waals surface area (Å²) in [7, 11) is 0. The second-order valence-electron chi connectivity index (χ2n) is 9.80. The summed E-state index contributed by atoms with van der Waals surface area (Å²) in [5.74, 6) is 1.37. The van der Waals surface area contributed by atoms with Crippen molar-refractivity contribution in [2.75, 3.05) is 36.9 Å². The molecule has 3 aromatic rings. The van der Waals surface area contributed by atoms with E-state index in [9.17, 15) is 4.79 Å². The van der Waals surface area contributed by atoms with Crippen LogP contribution in [-0.2, 0) is 9.53 Å². The van der Waals surface area contributed by atoms with Gasteiger partial charge in [0, 0.05) is 44.1 Å². The molecule has 9 heteroatoms. The van der Waals surface area contributed by atoms with Gasteiger partial charge < -0.3 is 20.3 Å². The lowest BCUT2D eigenvalue weighted by atomic mass is 10.0. The van der Waals surface area contributed by atoms with Crippen LogP contribution < -0.4 is 10.6 Å². The maximum Gasteiger partial charge on any atom is 0.333 e. The molecule has 1 fully saturated rings. The number of carbonyl (C=O) groups is 1. The molecule has 2 N–H and O–H groups in total. The third-order valence-electron chi connectivity index (χ3n) is 6.67. The Morgan fingerprint density at radius 1 is 1.15 bits per heavy atom. The Kier molecular flexibility index (Phi) is 10.4. The van der Waals surface area contributed by atoms with Crippen LogP contribution in [0.3, 0.4) is 0 Å². The summed E-state index contributed by atoms with van der Waals surface area (Å²) < 4.78 is 5.41. The highest BCUT2D eigenvalue weighted by Gasteiger charge is 2.23. The first-order chi connectivity index (χ1) is 19.6. The molecule has 4 rings (SSSR count). The Morgan fingerprint density at radius 2 is 1.95 bits per heavy atom. The van der Waals surface area contributed by atoms with E-state index in [4.69, 9.17) is 15.0 Å². The molecule has 9 nitrogen and oxygen atoms in total. The molecule has 40 heavy (non-hydrogen) atoms. The summed E-state index contributed by atoms with van der Waals surface area (Å²) in [6.45, 7) is 6.75. The fourth-order valence-electron chi connectivity index (χ4n) is 4.76. The van der Waals surface area contributed by atoms with E-state index in [1.807, 2.05) is 19.1 Å². The van der Waals surface area contributed by atoms with Crippen LogP contribution >= 0.6 is 0 Å². The van der Waals surface area contributed by atoms with Gasteiger partial charge in [-0.25, -0.2) is 19.8 Å². The Hall–Kier alpha value is -4.45. The quantitative estimate of drug-likeness (QED) is 0.233. The number of aromatic nitrogens is 2. The normalized spacial score (nSPS) is 15.1. The number of amidine groups is 1. The molecule has 0 saturated carbocycles. The molecule has 1 saturated heterocycles. The fourth-order valence-corrected chi connectivity index (χ4v) is 4.76. The molecule has 0 aliphatic carbocycles. The van der Waals surface area contributed by atoms with Crippen molar-refractivity contribution in [2.45, 2.75) is 52.0 Å². The zero-order chi connectivity index (χ0) is 28.2. The smallest absolute Gasteiger partial charge is 0.333 e. The van der Waals surface area contributed by atoms with Gasteiger partial charge in [-0.15, -0.1) is 0 Å². The van der Waals surface area contributed by atoms with Crippen molar-refractivity contribution in [1.29, 1.82) is 5.26 Å². The highest BCUT2D eigenvalue weighted by Crippen LogP contribution is 2.28. The van der Waals surface area contributed by atoms with Gasteiger partial charge in [-0.3, -0.25) is 0 Å². The largest absolute Gasteiger partial charge is 0.464 e. The lowest BCUT2D eigenvalue weighted by molar-refractivity contribution is -0.144. The van der Waals surface area contributed by atoms with Crippen molar-refractivity contribution >= 4 is 29.1 Å². The van der Waals surface area contributed by atoms with E-state index >= 15 is 0 Å². The SMILES string of the molecule is CCOC(=O)C(Nc1ccc(C#N)cc1)c1cc(C)cc(N=C2CCCCCN2CCCNc2ncccn2)c1. The van der Waals surface area contributed by atoms with Gasteiger partial charge in [-0.1, -0.05) is 12.5 Å². The van der Waals surface area contributed by atoms with Crippen LogP contribution in [0.15, 0.2) is 65.9 Å². The van der Waals surface area contributed by atoms with E-state index in [1.165, 1.54) is 6.42 Å². The Balaban J connectivity index is 1.53. The molecule has 1 unspecified atom stereocenters. The van der Waals surface area contributed by atoms with E-state index in [1.54, 1.807) is 49.6 Å². The van der Waals surface area contributed by atoms with Crippen LogP contribution in [0.5, 0.6) is 0 Å². The number of aliphatic imine (C=N–C) groups is 1. The summed E-state index contributed by atoms with van der Waals surface area (Å²) in [6, 6.07) is 16.3. The number of rotatable bonds is 11. The van der Waals surface area contributed by atoms with Crippen molar-refractivity contribution in [3.05, 3.63) is 77.6 Å². The average molecular weight is 540 g/mol. The standard InChI is InChI=1S/C31H37N7O2/c1-3-40-30(39)29(37-26-12-10-24(22-32)11-13-26)25-19-23(2)20-27(21-25)36-28-9-5-4-6-17-38(28)18-8-16-35-31-33-14-7-15-34-31/h7,10-15,19-21,29,37H,3-6,8-9,16-18H2,1-2H3,(H,33,34,35). The van der Waals surface area contributed by atoms with Gasteiger partial charge in [-0.2, -0.15) is 5.26 Å². The summed E-state index contributed by atoms with van der Waals surface area (Å²) in [5.41, 5.74) is 3.91. The number of benzene rings is 2. The van der Waals surface area contributed by atoms with Gasteiger partial charge in [0.05, 0.1) is 23.9 Å². The first-order valence-electron chi connectivity index (χ1n) is 13.9. The fraction of sp³-hybridized carbons (Fsp3) is 0.387. The lowest BCUT2D eigenvalue weighted by Gasteiger charge is -2.25. The summed E-state index contributed by atoms with van der Waals surface area (Å²) in [6.07, 6.45) is 8.76. The Bertz CT molecular complexity index is 1320. The van der Waals surface area contributed by atoms with Crippen LogP contribution in [0.2, 0.25) is 0 Å². The van der Waals surface area contributed by atoms with E-state index in [0.717, 1.165) is 73.7 Å². The van der Waals surface area contributed by atoms with E-state index in [-0.39, 0.29) is 12.6 Å². The van der Waals surface area contributed by atoms with Crippen LogP contribution in [0, 0.1) is 18.3 Å². The van der Waals surface area contributed by atoms with Crippen molar-refractivity contribution < 1.29 is 9.53 Å². The molecule has 1 aromatic heterocycles. The topological polar surface area (TPSA) is 116 Å².